The number of fused-ring (bicyclic) bond motifs is 1. The molecule has 2 unspecified atom stereocenters. The van der Waals surface area contributed by atoms with Gasteiger partial charge in [0.15, 0.2) is 0 Å². The number of hydrogen-bond acceptors (Lipinski definition) is 5. The lowest BCUT2D eigenvalue weighted by Crippen LogP contribution is -2.49. The molecule has 2 atom stereocenters. The first-order chi connectivity index (χ1) is 11.3. The van der Waals surface area contributed by atoms with Crippen LogP contribution in [0.2, 0.25) is 0 Å². The Kier molecular flexibility index (Phi) is 9.15. The third kappa shape index (κ3) is 6.14. The molecule has 3 aliphatic rings. The molecule has 3 aliphatic heterocycles. The van der Waals surface area contributed by atoms with Crippen LogP contribution in [-0.2, 0) is 14.3 Å². The van der Waals surface area contributed by atoms with Gasteiger partial charge in [0, 0.05) is 25.0 Å². The minimum Gasteiger partial charge on any atom is -0.464 e. The van der Waals surface area contributed by atoms with Gasteiger partial charge >= 0.3 is 5.97 Å². The Morgan fingerprint density at radius 2 is 1.83 bits per heavy atom. The topological polar surface area (TPSA) is 42.0 Å². The maximum absolute atomic E-state index is 12.0. The van der Waals surface area contributed by atoms with Gasteiger partial charge in [0.2, 0.25) is 0 Å². The summed E-state index contributed by atoms with van der Waals surface area (Å²) in [7, 11) is 0. The van der Waals surface area contributed by atoms with E-state index in [-0.39, 0.29) is 5.97 Å². The third-order valence-corrected chi connectivity index (χ3v) is 5.14. The summed E-state index contributed by atoms with van der Waals surface area (Å²) in [6.07, 6.45) is 6.42. The predicted octanol–water partition coefficient (Wildman–Crippen LogP) is 2.18. The molecule has 0 aromatic carbocycles. The molecule has 5 nitrogen and oxygen atoms in total. The highest BCUT2D eigenvalue weighted by molar-refractivity contribution is 14.1. The zero-order valence-electron chi connectivity index (χ0n) is 14.3. The first kappa shape index (κ1) is 19.4. The Hall–Kier alpha value is 0.0800. The number of alkyl halides is 1. The van der Waals surface area contributed by atoms with Gasteiger partial charge in [-0.15, -0.1) is 0 Å². The largest absolute Gasteiger partial charge is 0.464 e. The Balaban J connectivity index is 0.000000924. The molecular weight excluding hydrogens is 407 g/mol. The highest BCUT2D eigenvalue weighted by Gasteiger charge is 2.33. The molecule has 0 amide bonds. The summed E-state index contributed by atoms with van der Waals surface area (Å²) in [6.45, 7) is 6.66. The Morgan fingerprint density at radius 3 is 2.61 bits per heavy atom. The molecule has 3 rings (SSSR count). The Labute approximate surface area is 154 Å². The molecule has 0 spiro atoms. The van der Waals surface area contributed by atoms with Crippen LogP contribution in [-0.4, -0.2) is 79.3 Å². The molecule has 0 aromatic heterocycles. The number of halogens is 1. The minimum atomic E-state index is -0.0650. The summed E-state index contributed by atoms with van der Waals surface area (Å²) in [4.78, 5) is 18.7. The van der Waals surface area contributed by atoms with Crippen molar-refractivity contribution in [3.8, 4) is 0 Å². The molecule has 6 heteroatoms. The SMILES string of the molecule is CI.O=C(CN1CCOCC1)OCC1CCCN2CCCCC12. The van der Waals surface area contributed by atoms with Gasteiger partial charge in [0.05, 0.1) is 26.4 Å². The van der Waals surface area contributed by atoms with Crippen LogP contribution in [0.3, 0.4) is 0 Å². The van der Waals surface area contributed by atoms with Crippen molar-refractivity contribution >= 4 is 28.6 Å². The second-order valence-electron chi connectivity index (χ2n) is 6.57. The highest BCUT2D eigenvalue weighted by atomic mass is 127. The summed E-state index contributed by atoms with van der Waals surface area (Å²) >= 11 is 2.15. The number of piperidine rings is 2. The molecule has 0 bridgehead atoms. The molecule has 3 saturated heterocycles. The lowest BCUT2D eigenvalue weighted by Gasteiger charge is -2.44. The van der Waals surface area contributed by atoms with E-state index < -0.39 is 0 Å². The van der Waals surface area contributed by atoms with Crippen molar-refractivity contribution in [2.45, 2.75) is 38.1 Å². The van der Waals surface area contributed by atoms with Crippen LogP contribution in [0, 0.1) is 5.92 Å². The summed E-state index contributed by atoms with van der Waals surface area (Å²) in [5, 5.41) is 0. The van der Waals surface area contributed by atoms with Crippen molar-refractivity contribution in [2.24, 2.45) is 5.92 Å². The standard InChI is InChI=1S/C16H28N2O3.CH3I/c19-16(12-17-8-10-20-11-9-17)21-13-14-4-3-7-18-6-2-1-5-15(14)18;1-2/h14-15H,1-13H2;1H3. The molecule has 0 aliphatic carbocycles. The second kappa shape index (κ2) is 10.8. The normalized spacial score (nSPS) is 29.1. The van der Waals surface area contributed by atoms with Gasteiger partial charge in [-0.25, -0.2) is 0 Å². The average molecular weight is 438 g/mol. The van der Waals surface area contributed by atoms with Gasteiger partial charge in [-0.05, 0) is 43.7 Å². The zero-order chi connectivity index (χ0) is 16.5. The van der Waals surface area contributed by atoms with Crippen LogP contribution in [0.25, 0.3) is 0 Å². The third-order valence-electron chi connectivity index (χ3n) is 5.14. The number of rotatable bonds is 4. The predicted molar refractivity (Wildman–Crippen MR) is 100 cm³/mol. The minimum absolute atomic E-state index is 0.0650. The lowest BCUT2D eigenvalue weighted by molar-refractivity contribution is -0.148. The number of carbonyl (C=O) groups excluding carboxylic acids is 1. The van der Waals surface area contributed by atoms with E-state index in [1.165, 1.54) is 45.2 Å². The van der Waals surface area contributed by atoms with E-state index in [4.69, 9.17) is 9.47 Å². The Bertz CT molecular complexity index is 349. The number of ether oxygens (including phenoxy) is 2. The summed E-state index contributed by atoms with van der Waals surface area (Å²) in [5.41, 5.74) is 0. The first-order valence-corrected chi connectivity index (χ1v) is 11.1. The summed E-state index contributed by atoms with van der Waals surface area (Å²) < 4.78 is 10.9. The molecule has 23 heavy (non-hydrogen) atoms. The van der Waals surface area contributed by atoms with Gasteiger partial charge in [-0.1, -0.05) is 29.0 Å². The van der Waals surface area contributed by atoms with Gasteiger partial charge in [0.25, 0.3) is 0 Å². The molecule has 0 saturated carbocycles. The molecule has 0 radical (unpaired) electrons. The van der Waals surface area contributed by atoms with Gasteiger partial charge in [0.1, 0.15) is 0 Å². The highest BCUT2D eigenvalue weighted by Crippen LogP contribution is 2.30. The maximum Gasteiger partial charge on any atom is 0.320 e. The Morgan fingerprint density at radius 1 is 1.09 bits per heavy atom. The van der Waals surface area contributed by atoms with Crippen LogP contribution in [0.15, 0.2) is 0 Å². The van der Waals surface area contributed by atoms with Crippen molar-refractivity contribution in [1.29, 1.82) is 0 Å². The van der Waals surface area contributed by atoms with Crippen molar-refractivity contribution in [1.82, 2.24) is 9.80 Å². The zero-order valence-corrected chi connectivity index (χ0v) is 16.5. The van der Waals surface area contributed by atoms with Crippen molar-refractivity contribution in [3.05, 3.63) is 0 Å². The van der Waals surface area contributed by atoms with Crippen LogP contribution in [0.1, 0.15) is 32.1 Å². The molecule has 0 aromatic rings. The van der Waals surface area contributed by atoms with E-state index in [2.05, 4.69) is 32.4 Å². The van der Waals surface area contributed by atoms with Crippen molar-refractivity contribution in [2.75, 3.05) is 57.5 Å². The molecule has 3 fully saturated rings. The number of carbonyl (C=O) groups is 1. The van der Waals surface area contributed by atoms with E-state index >= 15 is 0 Å². The average Bonchev–Trinajstić information content (AvgIpc) is 2.62. The number of morpholine rings is 1. The molecular formula is C17H31IN2O3. The van der Waals surface area contributed by atoms with Crippen LogP contribution < -0.4 is 0 Å². The second-order valence-corrected chi connectivity index (χ2v) is 6.57. The van der Waals surface area contributed by atoms with Crippen LogP contribution >= 0.6 is 22.6 Å². The van der Waals surface area contributed by atoms with Crippen molar-refractivity contribution in [3.63, 3.8) is 0 Å². The number of nitrogens with zero attached hydrogens (tertiary/aromatic N) is 2. The van der Waals surface area contributed by atoms with E-state index in [1.54, 1.807) is 0 Å². The fourth-order valence-electron chi connectivity index (χ4n) is 3.96. The fraction of sp³-hybridized carbons (Fsp3) is 0.941. The van der Waals surface area contributed by atoms with Gasteiger partial charge in [-0.3, -0.25) is 14.6 Å². The van der Waals surface area contributed by atoms with E-state index in [9.17, 15) is 4.79 Å². The molecule has 134 valence electrons. The number of esters is 1. The molecule has 3 heterocycles. The van der Waals surface area contributed by atoms with Crippen LogP contribution in [0.5, 0.6) is 0 Å². The quantitative estimate of drug-likeness (QED) is 0.383. The first-order valence-electron chi connectivity index (χ1n) is 8.90. The van der Waals surface area contributed by atoms with E-state index in [0.717, 1.165) is 26.3 Å². The number of hydrogen-bond donors (Lipinski definition) is 0. The summed E-state index contributed by atoms with van der Waals surface area (Å²) in [5.74, 6) is 0.484. The summed E-state index contributed by atoms with van der Waals surface area (Å²) in [6, 6.07) is 0.656. The monoisotopic (exact) mass is 438 g/mol. The van der Waals surface area contributed by atoms with Crippen LogP contribution in [0.4, 0.5) is 0 Å². The fourth-order valence-corrected chi connectivity index (χ4v) is 3.96. The van der Waals surface area contributed by atoms with Gasteiger partial charge < -0.3 is 9.47 Å². The smallest absolute Gasteiger partial charge is 0.320 e. The lowest BCUT2D eigenvalue weighted by atomic mass is 9.84. The maximum atomic E-state index is 12.0. The van der Waals surface area contributed by atoms with Gasteiger partial charge in [-0.2, -0.15) is 0 Å². The molecule has 0 N–H and O–H groups in total. The van der Waals surface area contributed by atoms with E-state index in [1.807, 2.05) is 4.93 Å². The van der Waals surface area contributed by atoms with E-state index in [0.29, 0.717) is 25.1 Å². The van der Waals surface area contributed by atoms with Crippen molar-refractivity contribution < 1.29 is 14.3 Å².